The molecule has 1 atom stereocenters. The highest BCUT2D eigenvalue weighted by atomic mass is 14.6. The molecule has 0 saturated carbocycles. The molecule has 0 saturated heterocycles. The zero-order valence-corrected chi connectivity index (χ0v) is 15.8. The number of allylic oxidation sites excluding steroid dienone is 4. The molecule has 2 aromatic carbocycles. The van der Waals surface area contributed by atoms with Gasteiger partial charge in [-0.05, 0) is 52.2 Å². The minimum Gasteiger partial charge on any atom is -0.0622 e. The first-order chi connectivity index (χ1) is 11.9. The molecule has 25 heavy (non-hydrogen) atoms. The summed E-state index contributed by atoms with van der Waals surface area (Å²) >= 11 is 0. The van der Waals surface area contributed by atoms with Gasteiger partial charge in [0.2, 0.25) is 0 Å². The van der Waals surface area contributed by atoms with E-state index in [0.29, 0.717) is 5.92 Å². The molecule has 2 bridgehead atoms. The molecule has 3 aliphatic carbocycles. The summed E-state index contributed by atoms with van der Waals surface area (Å²) in [6.07, 6.45) is 6.00. The Morgan fingerprint density at radius 3 is 1.68 bits per heavy atom. The van der Waals surface area contributed by atoms with Gasteiger partial charge in [-0.1, -0.05) is 88.4 Å². The minimum absolute atomic E-state index is 0.144. The topological polar surface area (TPSA) is 0 Å². The van der Waals surface area contributed by atoms with E-state index in [-0.39, 0.29) is 10.8 Å². The zero-order valence-electron chi connectivity index (χ0n) is 15.8. The van der Waals surface area contributed by atoms with E-state index < -0.39 is 0 Å². The highest BCUT2D eigenvalue weighted by Gasteiger charge is 2.57. The van der Waals surface area contributed by atoms with Gasteiger partial charge >= 0.3 is 0 Å². The highest BCUT2D eigenvalue weighted by molar-refractivity contribution is 5.66. The molecule has 0 N–H and O–H groups in total. The van der Waals surface area contributed by atoms with Crippen LogP contribution in [0, 0.1) is 22.8 Å². The standard InChI is InChI=1S/C25H27/c1-18-15-21-23(24(2,3)4)22(18)25(21,16-19-11-7-5-8-12-19)17-20-13-9-6-10-14-20/h5-14,18H,16-17H2,1-4H3. The third kappa shape index (κ3) is 2.59. The van der Waals surface area contributed by atoms with Crippen LogP contribution in [0.25, 0.3) is 0 Å². The zero-order chi connectivity index (χ0) is 17.7. The normalized spacial score (nSPS) is 21.1. The van der Waals surface area contributed by atoms with E-state index in [1.807, 2.05) is 0 Å². The molecule has 0 heterocycles. The predicted molar refractivity (Wildman–Crippen MR) is 105 cm³/mol. The van der Waals surface area contributed by atoms with Crippen molar-refractivity contribution >= 4 is 0 Å². The maximum absolute atomic E-state index is 3.82. The second-order valence-electron chi connectivity index (χ2n) is 8.69. The molecule has 0 aromatic heterocycles. The summed E-state index contributed by atoms with van der Waals surface area (Å²) in [5.74, 6) is 0.455. The van der Waals surface area contributed by atoms with E-state index in [1.165, 1.54) is 16.7 Å². The Bertz CT molecular complexity index is 787. The molecule has 2 aromatic rings. The average molecular weight is 327 g/mol. The van der Waals surface area contributed by atoms with Crippen molar-refractivity contribution in [3.8, 4) is 0 Å². The molecule has 1 unspecified atom stereocenters. The van der Waals surface area contributed by atoms with Crippen molar-refractivity contribution < 1.29 is 0 Å². The molecule has 3 aliphatic rings. The number of hydrogen-bond donors (Lipinski definition) is 0. The first-order valence-electron chi connectivity index (χ1n) is 9.39. The second-order valence-corrected chi connectivity index (χ2v) is 8.69. The Balaban J connectivity index is 1.80. The van der Waals surface area contributed by atoms with E-state index >= 15 is 0 Å². The van der Waals surface area contributed by atoms with E-state index in [2.05, 4.69) is 94.4 Å². The Kier molecular flexibility index (Phi) is 3.76. The van der Waals surface area contributed by atoms with Crippen LogP contribution in [0.15, 0.2) is 77.4 Å². The van der Waals surface area contributed by atoms with E-state index in [1.54, 1.807) is 11.1 Å². The van der Waals surface area contributed by atoms with Crippen LogP contribution in [0.3, 0.4) is 0 Å². The molecule has 1 radical (unpaired) electrons. The Labute approximate surface area is 152 Å². The summed E-state index contributed by atoms with van der Waals surface area (Å²) in [7, 11) is 0. The van der Waals surface area contributed by atoms with Crippen LogP contribution in [-0.4, -0.2) is 0 Å². The third-order valence-electron chi connectivity index (χ3n) is 5.75. The van der Waals surface area contributed by atoms with Crippen LogP contribution in [0.1, 0.15) is 38.8 Å². The van der Waals surface area contributed by atoms with Crippen molar-refractivity contribution in [3.05, 3.63) is 94.6 Å². The molecular weight excluding hydrogens is 300 g/mol. The van der Waals surface area contributed by atoms with Crippen molar-refractivity contribution in [3.63, 3.8) is 0 Å². The number of rotatable bonds is 4. The molecule has 0 fully saturated rings. The monoisotopic (exact) mass is 327 g/mol. The molecule has 0 heteroatoms. The fourth-order valence-corrected chi connectivity index (χ4v) is 4.91. The van der Waals surface area contributed by atoms with Crippen LogP contribution in [0.5, 0.6) is 0 Å². The SMILES string of the molecule is CC1[C]=C2C(C(C)(C)C)=C1C2(Cc1ccccc1)Cc1ccccc1. The quantitative estimate of drug-likeness (QED) is 0.627. The first kappa shape index (κ1) is 16.4. The van der Waals surface area contributed by atoms with Crippen molar-refractivity contribution in [1.82, 2.24) is 0 Å². The third-order valence-corrected chi connectivity index (χ3v) is 5.75. The Hall–Kier alpha value is -2.08. The summed E-state index contributed by atoms with van der Waals surface area (Å²) in [5.41, 5.74) is 7.92. The van der Waals surface area contributed by atoms with Crippen molar-refractivity contribution in [2.75, 3.05) is 0 Å². The van der Waals surface area contributed by atoms with E-state index in [0.717, 1.165) is 12.8 Å². The highest BCUT2D eigenvalue weighted by Crippen LogP contribution is 2.66. The van der Waals surface area contributed by atoms with Crippen LogP contribution in [0.4, 0.5) is 0 Å². The maximum Gasteiger partial charge on any atom is 0.0260 e. The second kappa shape index (κ2) is 5.73. The summed E-state index contributed by atoms with van der Waals surface area (Å²) in [6.45, 7) is 9.36. The number of fused-ring (bicyclic) bond motifs is 1. The maximum atomic E-state index is 3.82. The molecule has 0 nitrogen and oxygen atoms in total. The van der Waals surface area contributed by atoms with Crippen LogP contribution in [0.2, 0.25) is 0 Å². The van der Waals surface area contributed by atoms with Crippen LogP contribution in [-0.2, 0) is 12.8 Å². The van der Waals surface area contributed by atoms with Gasteiger partial charge in [0.1, 0.15) is 0 Å². The summed E-state index contributed by atoms with van der Waals surface area (Å²) in [6, 6.07) is 21.9. The van der Waals surface area contributed by atoms with E-state index in [4.69, 9.17) is 0 Å². The lowest BCUT2D eigenvalue weighted by Gasteiger charge is -2.50. The Morgan fingerprint density at radius 1 is 0.840 bits per heavy atom. The van der Waals surface area contributed by atoms with Gasteiger partial charge in [0, 0.05) is 11.3 Å². The van der Waals surface area contributed by atoms with Crippen LogP contribution < -0.4 is 0 Å². The average Bonchev–Trinajstić information content (AvgIpc) is 3.07. The van der Waals surface area contributed by atoms with Crippen LogP contribution >= 0.6 is 0 Å². The lowest BCUT2D eigenvalue weighted by Crippen LogP contribution is -2.42. The van der Waals surface area contributed by atoms with Gasteiger partial charge in [-0.3, -0.25) is 0 Å². The van der Waals surface area contributed by atoms with Gasteiger partial charge in [0.25, 0.3) is 0 Å². The predicted octanol–water partition coefficient (Wildman–Crippen LogP) is 6.19. The van der Waals surface area contributed by atoms with Crippen molar-refractivity contribution in [2.24, 2.45) is 16.7 Å². The molecule has 0 amide bonds. The summed E-state index contributed by atoms with van der Waals surface area (Å²) in [4.78, 5) is 0. The minimum atomic E-state index is 0.144. The van der Waals surface area contributed by atoms with Gasteiger partial charge in [0.05, 0.1) is 0 Å². The number of benzene rings is 2. The lowest BCUT2D eigenvalue weighted by molar-refractivity contribution is 0.335. The fourth-order valence-electron chi connectivity index (χ4n) is 4.91. The fraction of sp³-hybridized carbons (Fsp3) is 0.360. The Morgan fingerprint density at radius 2 is 1.32 bits per heavy atom. The van der Waals surface area contributed by atoms with Gasteiger partial charge in [-0.2, -0.15) is 0 Å². The van der Waals surface area contributed by atoms with Gasteiger partial charge in [-0.25, -0.2) is 0 Å². The molecule has 127 valence electrons. The molecule has 5 rings (SSSR count). The van der Waals surface area contributed by atoms with Gasteiger partial charge in [-0.15, -0.1) is 0 Å². The smallest absolute Gasteiger partial charge is 0.0260 e. The van der Waals surface area contributed by atoms with Crippen molar-refractivity contribution in [2.45, 2.75) is 40.5 Å². The molecular formula is C25H27. The largest absolute Gasteiger partial charge is 0.0622 e. The van der Waals surface area contributed by atoms with Gasteiger partial charge in [0.15, 0.2) is 0 Å². The van der Waals surface area contributed by atoms with Gasteiger partial charge < -0.3 is 0 Å². The summed E-state index contributed by atoms with van der Waals surface area (Å²) in [5, 5.41) is 0. The molecule has 0 aliphatic heterocycles. The number of hydrogen-bond acceptors (Lipinski definition) is 0. The summed E-state index contributed by atoms with van der Waals surface area (Å²) < 4.78 is 0. The van der Waals surface area contributed by atoms with Crippen molar-refractivity contribution in [1.29, 1.82) is 0 Å². The molecule has 0 spiro atoms. The lowest BCUT2D eigenvalue weighted by atomic mass is 9.53. The van der Waals surface area contributed by atoms with E-state index in [9.17, 15) is 0 Å². The first-order valence-corrected chi connectivity index (χ1v) is 9.39.